The van der Waals surface area contributed by atoms with Crippen LogP contribution in [0.5, 0.6) is 5.75 Å². The van der Waals surface area contributed by atoms with Gasteiger partial charge in [0, 0.05) is 24.5 Å². The molecule has 148 valence electrons. The fourth-order valence-electron chi connectivity index (χ4n) is 4.63. The van der Waals surface area contributed by atoms with Crippen molar-refractivity contribution >= 4 is 21.7 Å². The van der Waals surface area contributed by atoms with E-state index in [4.69, 9.17) is 4.74 Å². The number of hydrogen-bond acceptors (Lipinski definition) is 2. The molecular weight excluding hydrogens is 356 g/mol. The molecule has 1 saturated heterocycles. The molecule has 1 aliphatic rings. The quantitative estimate of drug-likeness (QED) is 0.426. The first-order valence-corrected chi connectivity index (χ1v) is 10.7. The summed E-state index contributed by atoms with van der Waals surface area (Å²) < 4.78 is 8.62. The van der Waals surface area contributed by atoms with Gasteiger partial charge in [-0.15, -0.1) is 0 Å². The van der Waals surface area contributed by atoms with Crippen LogP contribution >= 0.6 is 0 Å². The number of rotatable bonds is 5. The number of fused-ring (bicyclic) bond motifs is 2. The fraction of sp³-hybridized carbons (Fsp3) is 0.308. The summed E-state index contributed by atoms with van der Waals surface area (Å²) in [6, 6.07) is 23.5. The molecule has 1 aliphatic heterocycles. The lowest BCUT2D eigenvalue weighted by Gasteiger charge is -2.26. The Labute approximate surface area is 172 Å². The van der Waals surface area contributed by atoms with Gasteiger partial charge in [0.05, 0.1) is 5.69 Å². The Balaban J connectivity index is 1.46. The van der Waals surface area contributed by atoms with Gasteiger partial charge in [-0.1, -0.05) is 55.0 Å². The molecule has 0 N–H and O–H groups in total. The SMILES string of the molecule is Cn1c(COc2ccc3ccccc3c2)c(CN2CCCCC2)c2ccccc21. The minimum absolute atomic E-state index is 0.590. The molecule has 29 heavy (non-hydrogen) atoms. The monoisotopic (exact) mass is 384 g/mol. The Hall–Kier alpha value is -2.78. The van der Waals surface area contributed by atoms with E-state index in [0.717, 1.165) is 12.3 Å². The number of nitrogens with zero attached hydrogens (tertiary/aromatic N) is 2. The highest BCUT2D eigenvalue weighted by atomic mass is 16.5. The molecule has 0 saturated carbocycles. The van der Waals surface area contributed by atoms with Crippen molar-refractivity contribution in [3.63, 3.8) is 0 Å². The van der Waals surface area contributed by atoms with Crippen LogP contribution in [0.25, 0.3) is 21.7 Å². The van der Waals surface area contributed by atoms with E-state index in [1.807, 2.05) is 0 Å². The Morgan fingerprint density at radius 2 is 1.59 bits per heavy atom. The van der Waals surface area contributed by atoms with Gasteiger partial charge in [0.25, 0.3) is 0 Å². The first-order chi connectivity index (χ1) is 14.3. The third-order valence-electron chi connectivity index (χ3n) is 6.27. The number of piperidine rings is 1. The van der Waals surface area contributed by atoms with E-state index in [9.17, 15) is 0 Å². The molecule has 0 amide bonds. The van der Waals surface area contributed by atoms with E-state index in [1.165, 1.54) is 65.3 Å². The topological polar surface area (TPSA) is 17.4 Å². The number of likely N-dealkylation sites (tertiary alicyclic amines) is 1. The normalized spacial score (nSPS) is 15.2. The van der Waals surface area contributed by atoms with Crippen molar-refractivity contribution in [1.29, 1.82) is 0 Å². The van der Waals surface area contributed by atoms with Gasteiger partial charge in [0.2, 0.25) is 0 Å². The molecule has 0 radical (unpaired) electrons. The van der Waals surface area contributed by atoms with Gasteiger partial charge in [-0.05, 0) is 60.5 Å². The van der Waals surface area contributed by atoms with Crippen LogP contribution in [0.3, 0.4) is 0 Å². The van der Waals surface area contributed by atoms with Crippen LogP contribution in [-0.2, 0) is 20.2 Å². The average molecular weight is 385 g/mol. The molecular formula is C26H28N2O. The fourth-order valence-corrected chi connectivity index (χ4v) is 4.63. The average Bonchev–Trinajstić information content (AvgIpc) is 3.04. The Morgan fingerprint density at radius 1 is 0.828 bits per heavy atom. The van der Waals surface area contributed by atoms with Gasteiger partial charge in [0.1, 0.15) is 12.4 Å². The highest BCUT2D eigenvalue weighted by Crippen LogP contribution is 2.29. The van der Waals surface area contributed by atoms with Crippen LogP contribution in [0.2, 0.25) is 0 Å². The van der Waals surface area contributed by atoms with Gasteiger partial charge in [0.15, 0.2) is 0 Å². The first-order valence-electron chi connectivity index (χ1n) is 10.7. The molecule has 3 aromatic carbocycles. The zero-order valence-electron chi connectivity index (χ0n) is 17.1. The molecule has 4 aromatic rings. The summed E-state index contributed by atoms with van der Waals surface area (Å²) in [5.41, 5.74) is 3.99. The third-order valence-corrected chi connectivity index (χ3v) is 6.27. The van der Waals surface area contributed by atoms with Crippen molar-refractivity contribution in [3.05, 3.63) is 78.0 Å². The van der Waals surface area contributed by atoms with Gasteiger partial charge >= 0.3 is 0 Å². The van der Waals surface area contributed by atoms with E-state index >= 15 is 0 Å². The van der Waals surface area contributed by atoms with E-state index in [-0.39, 0.29) is 0 Å². The minimum Gasteiger partial charge on any atom is -0.487 e. The van der Waals surface area contributed by atoms with Crippen molar-refractivity contribution in [1.82, 2.24) is 9.47 Å². The summed E-state index contributed by atoms with van der Waals surface area (Å²) in [5, 5.41) is 3.82. The van der Waals surface area contributed by atoms with Crippen molar-refractivity contribution in [2.45, 2.75) is 32.4 Å². The van der Waals surface area contributed by atoms with Gasteiger partial charge < -0.3 is 9.30 Å². The Kier molecular flexibility index (Phi) is 4.99. The van der Waals surface area contributed by atoms with Crippen LogP contribution in [0, 0.1) is 0 Å². The third kappa shape index (κ3) is 3.63. The number of para-hydroxylation sites is 1. The van der Waals surface area contributed by atoms with Crippen LogP contribution in [0.15, 0.2) is 66.7 Å². The van der Waals surface area contributed by atoms with Gasteiger partial charge in [-0.3, -0.25) is 4.90 Å². The summed E-state index contributed by atoms with van der Waals surface area (Å²) in [5.74, 6) is 0.929. The zero-order chi connectivity index (χ0) is 19.6. The number of aryl methyl sites for hydroxylation is 1. The van der Waals surface area contributed by atoms with Gasteiger partial charge in [-0.25, -0.2) is 0 Å². The van der Waals surface area contributed by atoms with Crippen molar-refractivity contribution in [2.24, 2.45) is 7.05 Å². The second-order valence-electron chi connectivity index (χ2n) is 8.14. The smallest absolute Gasteiger partial charge is 0.129 e. The van der Waals surface area contributed by atoms with Crippen LogP contribution in [0.4, 0.5) is 0 Å². The van der Waals surface area contributed by atoms with Crippen LogP contribution < -0.4 is 4.74 Å². The Bertz CT molecular complexity index is 1140. The maximum absolute atomic E-state index is 6.30. The molecule has 0 bridgehead atoms. The highest BCUT2D eigenvalue weighted by Gasteiger charge is 2.19. The van der Waals surface area contributed by atoms with Crippen LogP contribution in [0.1, 0.15) is 30.5 Å². The first kappa shape index (κ1) is 18.3. The molecule has 1 fully saturated rings. The number of ether oxygens (including phenoxy) is 1. The summed E-state index contributed by atoms with van der Waals surface area (Å²) >= 11 is 0. The molecule has 3 nitrogen and oxygen atoms in total. The second kappa shape index (κ2) is 7.92. The molecule has 0 aliphatic carbocycles. The van der Waals surface area contributed by atoms with Crippen molar-refractivity contribution in [3.8, 4) is 5.75 Å². The van der Waals surface area contributed by atoms with E-state index in [2.05, 4.69) is 83.2 Å². The van der Waals surface area contributed by atoms with E-state index in [1.54, 1.807) is 0 Å². The molecule has 0 unspecified atom stereocenters. The Morgan fingerprint density at radius 3 is 2.45 bits per heavy atom. The van der Waals surface area contributed by atoms with Crippen molar-refractivity contribution in [2.75, 3.05) is 13.1 Å². The van der Waals surface area contributed by atoms with E-state index in [0.29, 0.717) is 6.61 Å². The molecule has 5 rings (SSSR count). The summed E-state index contributed by atoms with van der Waals surface area (Å²) in [6.45, 7) is 4.01. The molecule has 0 spiro atoms. The highest BCUT2D eigenvalue weighted by molar-refractivity contribution is 5.86. The number of hydrogen-bond donors (Lipinski definition) is 0. The molecule has 2 heterocycles. The maximum atomic E-state index is 6.30. The molecule has 1 aromatic heterocycles. The summed E-state index contributed by atoms with van der Waals surface area (Å²) in [4.78, 5) is 2.60. The standard InChI is InChI=1S/C26H28N2O/c1-27-25-12-6-5-11-23(25)24(18-28-15-7-2-8-16-28)26(27)19-29-22-14-13-20-9-3-4-10-21(20)17-22/h3-6,9-14,17H,2,7-8,15-16,18-19H2,1H3. The lowest BCUT2D eigenvalue weighted by Crippen LogP contribution is -2.29. The maximum Gasteiger partial charge on any atom is 0.129 e. The lowest BCUT2D eigenvalue weighted by molar-refractivity contribution is 0.218. The summed E-state index contributed by atoms with van der Waals surface area (Å²) in [6.07, 6.45) is 3.99. The summed E-state index contributed by atoms with van der Waals surface area (Å²) in [7, 11) is 2.17. The predicted octanol–water partition coefficient (Wildman–Crippen LogP) is 5.90. The van der Waals surface area contributed by atoms with E-state index < -0.39 is 0 Å². The predicted molar refractivity (Wildman–Crippen MR) is 120 cm³/mol. The van der Waals surface area contributed by atoms with Crippen LogP contribution in [-0.4, -0.2) is 22.6 Å². The lowest BCUT2D eigenvalue weighted by atomic mass is 10.1. The molecule has 3 heteroatoms. The van der Waals surface area contributed by atoms with Crippen molar-refractivity contribution < 1.29 is 4.74 Å². The number of benzene rings is 3. The second-order valence-corrected chi connectivity index (χ2v) is 8.14. The zero-order valence-corrected chi connectivity index (χ0v) is 17.1. The number of aromatic nitrogens is 1. The van der Waals surface area contributed by atoms with Gasteiger partial charge in [-0.2, -0.15) is 0 Å². The largest absolute Gasteiger partial charge is 0.487 e. The minimum atomic E-state index is 0.590. The molecule has 0 atom stereocenters.